The Hall–Kier alpha value is -0.240. The third-order valence-corrected chi connectivity index (χ3v) is 5.52. The van der Waals surface area contributed by atoms with Crippen LogP contribution in [0.5, 0.6) is 0 Å². The van der Waals surface area contributed by atoms with Gasteiger partial charge < -0.3 is 0 Å². The minimum atomic E-state index is 0.959. The molecule has 0 rings (SSSR count). The van der Waals surface area contributed by atoms with Gasteiger partial charge in [-0.3, -0.25) is 4.79 Å². The summed E-state index contributed by atoms with van der Waals surface area (Å²) in [5.41, 5.74) is 0. The lowest BCUT2D eigenvalue weighted by Gasteiger charge is -2.06. The van der Waals surface area contributed by atoms with Crippen LogP contribution in [0.3, 0.4) is 0 Å². The SMILES string of the molecule is CCCCCCCCCCCCS/C(=C\C=O)CCCCCC. The van der Waals surface area contributed by atoms with Crippen molar-refractivity contribution in [1.82, 2.24) is 0 Å². The zero-order valence-corrected chi connectivity index (χ0v) is 16.6. The van der Waals surface area contributed by atoms with Crippen LogP contribution >= 0.6 is 11.8 Å². The molecule has 0 fully saturated rings. The number of allylic oxidation sites excluding steroid dienone is 2. The van der Waals surface area contributed by atoms with Gasteiger partial charge in [0.15, 0.2) is 0 Å². The van der Waals surface area contributed by atoms with Crippen molar-refractivity contribution >= 4 is 18.0 Å². The van der Waals surface area contributed by atoms with Crippen molar-refractivity contribution in [2.75, 3.05) is 5.75 Å². The summed E-state index contributed by atoms with van der Waals surface area (Å²) in [6.07, 6.45) is 22.9. The normalized spacial score (nSPS) is 11.8. The van der Waals surface area contributed by atoms with E-state index < -0.39 is 0 Å². The fraction of sp³-hybridized carbons (Fsp3) is 0.857. The minimum Gasteiger partial charge on any atom is -0.299 e. The van der Waals surface area contributed by atoms with E-state index in [4.69, 9.17) is 0 Å². The quantitative estimate of drug-likeness (QED) is 0.144. The van der Waals surface area contributed by atoms with E-state index in [1.807, 2.05) is 11.8 Å². The maximum Gasteiger partial charge on any atom is 0.143 e. The highest BCUT2D eigenvalue weighted by Crippen LogP contribution is 2.23. The molecular weight excluding hydrogens is 300 g/mol. The van der Waals surface area contributed by atoms with Gasteiger partial charge in [0.2, 0.25) is 0 Å². The molecular formula is C21H40OS. The van der Waals surface area contributed by atoms with Gasteiger partial charge in [0, 0.05) is 0 Å². The summed E-state index contributed by atoms with van der Waals surface area (Å²) in [5.74, 6) is 1.18. The van der Waals surface area contributed by atoms with Crippen molar-refractivity contribution in [3.8, 4) is 0 Å². The molecule has 2 heteroatoms. The van der Waals surface area contributed by atoms with Crippen LogP contribution in [0.2, 0.25) is 0 Å². The van der Waals surface area contributed by atoms with Crippen LogP contribution in [0.15, 0.2) is 11.0 Å². The summed E-state index contributed by atoms with van der Waals surface area (Å²) in [5, 5.41) is 0. The number of carbonyl (C=O) groups excluding carboxylic acids is 1. The van der Waals surface area contributed by atoms with Crippen molar-refractivity contribution in [3.63, 3.8) is 0 Å². The van der Waals surface area contributed by atoms with Gasteiger partial charge in [-0.05, 0) is 36.0 Å². The van der Waals surface area contributed by atoms with Crippen LogP contribution in [-0.2, 0) is 4.79 Å². The van der Waals surface area contributed by atoms with E-state index in [0.29, 0.717) is 0 Å². The summed E-state index contributed by atoms with van der Waals surface area (Å²) in [6.45, 7) is 4.51. The number of aldehydes is 1. The predicted molar refractivity (Wildman–Crippen MR) is 107 cm³/mol. The standard InChI is InChI=1S/C21H40OS/c1-3-5-7-9-10-11-12-13-14-16-20-23-21(18-19-22)17-15-8-6-4-2/h18-19H,3-17,20H2,1-2H3/b21-18-. The summed E-state index contributed by atoms with van der Waals surface area (Å²) < 4.78 is 0. The van der Waals surface area contributed by atoms with E-state index >= 15 is 0 Å². The second-order valence-corrected chi connectivity index (χ2v) is 7.83. The van der Waals surface area contributed by atoms with E-state index in [1.165, 1.54) is 101 Å². The average Bonchev–Trinajstić information content (AvgIpc) is 2.56. The number of thioether (sulfide) groups is 1. The minimum absolute atomic E-state index is 0.959. The number of unbranched alkanes of at least 4 members (excludes halogenated alkanes) is 12. The van der Waals surface area contributed by atoms with Crippen molar-refractivity contribution in [2.24, 2.45) is 0 Å². The molecule has 0 aliphatic carbocycles. The van der Waals surface area contributed by atoms with E-state index in [2.05, 4.69) is 13.8 Å². The first-order chi connectivity index (χ1) is 11.3. The van der Waals surface area contributed by atoms with Crippen LogP contribution in [-0.4, -0.2) is 12.0 Å². The summed E-state index contributed by atoms with van der Waals surface area (Å²) in [7, 11) is 0. The Morgan fingerprint density at radius 2 is 1.17 bits per heavy atom. The molecule has 0 aromatic carbocycles. The van der Waals surface area contributed by atoms with Crippen molar-refractivity contribution < 1.29 is 4.79 Å². The molecule has 23 heavy (non-hydrogen) atoms. The second kappa shape index (κ2) is 19.8. The predicted octanol–water partition coefficient (Wildman–Crippen LogP) is 7.69. The molecule has 0 aliphatic rings. The molecule has 0 aromatic heterocycles. The lowest BCUT2D eigenvalue weighted by Crippen LogP contribution is -1.87. The van der Waals surface area contributed by atoms with Crippen LogP contribution in [0.25, 0.3) is 0 Å². The molecule has 0 spiro atoms. The van der Waals surface area contributed by atoms with Gasteiger partial charge in [-0.25, -0.2) is 0 Å². The molecule has 0 bridgehead atoms. The fourth-order valence-electron chi connectivity index (χ4n) is 2.80. The zero-order chi connectivity index (χ0) is 17.0. The topological polar surface area (TPSA) is 17.1 Å². The molecule has 0 saturated heterocycles. The molecule has 0 aromatic rings. The summed E-state index contributed by atoms with van der Waals surface area (Å²) in [6, 6.07) is 0. The Kier molecular flexibility index (Phi) is 19.6. The number of hydrogen-bond acceptors (Lipinski definition) is 2. The second-order valence-electron chi connectivity index (χ2n) is 6.61. The van der Waals surface area contributed by atoms with Crippen molar-refractivity contribution in [2.45, 2.75) is 110 Å². The Labute approximate surface area is 150 Å². The lowest BCUT2D eigenvalue weighted by molar-refractivity contribution is -0.104. The van der Waals surface area contributed by atoms with Gasteiger partial charge in [0.25, 0.3) is 0 Å². The van der Waals surface area contributed by atoms with Crippen LogP contribution in [0, 0.1) is 0 Å². The molecule has 0 heterocycles. The zero-order valence-electron chi connectivity index (χ0n) is 15.8. The van der Waals surface area contributed by atoms with Crippen LogP contribution in [0.1, 0.15) is 110 Å². The molecule has 136 valence electrons. The highest BCUT2D eigenvalue weighted by atomic mass is 32.2. The molecule has 0 radical (unpaired) electrons. The van der Waals surface area contributed by atoms with E-state index in [9.17, 15) is 4.79 Å². The smallest absolute Gasteiger partial charge is 0.143 e. The number of rotatable bonds is 18. The van der Waals surface area contributed by atoms with Gasteiger partial charge in [-0.1, -0.05) is 90.9 Å². The molecule has 0 saturated carbocycles. The third kappa shape index (κ3) is 17.9. The maximum atomic E-state index is 10.7. The summed E-state index contributed by atoms with van der Waals surface area (Å²) in [4.78, 5) is 12.0. The van der Waals surface area contributed by atoms with E-state index in [-0.39, 0.29) is 0 Å². The number of carbonyl (C=O) groups is 1. The molecule has 1 nitrogen and oxygen atoms in total. The average molecular weight is 341 g/mol. The van der Waals surface area contributed by atoms with Gasteiger partial charge in [-0.15, -0.1) is 11.8 Å². The van der Waals surface area contributed by atoms with Gasteiger partial charge in [-0.2, -0.15) is 0 Å². The molecule has 0 atom stereocenters. The van der Waals surface area contributed by atoms with Crippen molar-refractivity contribution in [3.05, 3.63) is 11.0 Å². The Morgan fingerprint density at radius 1 is 0.696 bits per heavy atom. The molecule has 0 unspecified atom stereocenters. The fourth-order valence-corrected chi connectivity index (χ4v) is 3.85. The van der Waals surface area contributed by atoms with E-state index in [1.54, 1.807) is 6.08 Å². The van der Waals surface area contributed by atoms with Crippen LogP contribution in [0.4, 0.5) is 0 Å². The molecule has 0 N–H and O–H groups in total. The lowest BCUT2D eigenvalue weighted by atomic mass is 10.1. The van der Waals surface area contributed by atoms with Crippen molar-refractivity contribution in [1.29, 1.82) is 0 Å². The van der Waals surface area contributed by atoms with Gasteiger partial charge in [0.05, 0.1) is 0 Å². The highest BCUT2D eigenvalue weighted by molar-refractivity contribution is 8.03. The monoisotopic (exact) mass is 340 g/mol. The highest BCUT2D eigenvalue weighted by Gasteiger charge is 1.99. The number of hydrogen-bond donors (Lipinski definition) is 0. The van der Waals surface area contributed by atoms with Gasteiger partial charge >= 0.3 is 0 Å². The molecule has 0 amide bonds. The maximum absolute atomic E-state index is 10.7. The molecule has 0 aliphatic heterocycles. The first-order valence-electron chi connectivity index (χ1n) is 10.1. The first kappa shape index (κ1) is 22.8. The van der Waals surface area contributed by atoms with Crippen LogP contribution < -0.4 is 0 Å². The Bertz CT molecular complexity index is 273. The largest absolute Gasteiger partial charge is 0.299 e. The third-order valence-electron chi connectivity index (χ3n) is 4.32. The Morgan fingerprint density at radius 3 is 1.70 bits per heavy atom. The first-order valence-corrected chi connectivity index (χ1v) is 11.1. The summed E-state index contributed by atoms with van der Waals surface area (Å²) >= 11 is 1.91. The van der Waals surface area contributed by atoms with Gasteiger partial charge in [0.1, 0.15) is 6.29 Å². The Balaban J connectivity index is 3.42. The van der Waals surface area contributed by atoms with E-state index in [0.717, 1.165) is 12.7 Å².